The van der Waals surface area contributed by atoms with E-state index in [1.807, 2.05) is 6.92 Å². The number of methoxy groups -OCH3 is 1. The number of hydrogen-bond acceptors (Lipinski definition) is 4. The Balaban J connectivity index is 3.37. The molecule has 16 heavy (non-hydrogen) atoms. The highest BCUT2D eigenvalue weighted by molar-refractivity contribution is 5.96. The molecule has 0 N–H and O–H groups in total. The molecule has 0 bridgehead atoms. The van der Waals surface area contributed by atoms with Crippen molar-refractivity contribution in [2.75, 3.05) is 7.11 Å². The Kier molecular flexibility index (Phi) is 3.77. The van der Waals surface area contributed by atoms with Gasteiger partial charge in [0.25, 0.3) is 0 Å². The first-order valence-electron chi connectivity index (χ1n) is 5.11. The predicted molar refractivity (Wildman–Crippen MR) is 59.7 cm³/mol. The fraction of sp³-hybridized carbons (Fsp3) is 0.417. The number of Topliss-reactive ketones (excluding diaryl/α,β-unsaturated/α-hetero) is 1. The predicted octanol–water partition coefficient (Wildman–Crippen LogP) is 1.94. The maximum atomic E-state index is 11.4. The maximum absolute atomic E-state index is 11.4. The average Bonchev–Trinajstić information content (AvgIpc) is 2.27. The standard InChI is InChI=1S/C12H15NO3/c1-5-9-6-10(12(15)16-4)7(2)13-11(9)8(3)14/h6H,5H2,1-4H3. The van der Waals surface area contributed by atoms with Gasteiger partial charge in [0, 0.05) is 6.92 Å². The molecule has 1 aromatic rings. The lowest BCUT2D eigenvalue weighted by molar-refractivity contribution is 0.0598. The second kappa shape index (κ2) is 4.88. The Morgan fingerprint density at radius 3 is 2.50 bits per heavy atom. The number of ether oxygens (including phenoxy) is 1. The Labute approximate surface area is 94.6 Å². The van der Waals surface area contributed by atoms with Gasteiger partial charge in [-0.3, -0.25) is 4.79 Å². The van der Waals surface area contributed by atoms with E-state index in [-0.39, 0.29) is 5.78 Å². The highest BCUT2D eigenvalue weighted by Crippen LogP contribution is 2.15. The van der Waals surface area contributed by atoms with E-state index in [9.17, 15) is 9.59 Å². The number of rotatable bonds is 3. The van der Waals surface area contributed by atoms with Gasteiger partial charge < -0.3 is 4.74 Å². The minimum Gasteiger partial charge on any atom is -0.465 e. The number of carbonyl (C=O) groups excluding carboxylic acids is 2. The highest BCUT2D eigenvalue weighted by atomic mass is 16.5. The molecule has 0 aliphatic carbocycles. The summed E-state index contributed by atoms with van der Waals surface area (Å²) in [6, 6.07) is 1.69. The summed E-state index contributed by atoms with van der Waals surface area (Å²) in [5.74, 6) is -0.508. The lowest BCUT2D eigenvalue weighted by Gasteiger charge is -2.09. The van der Waals surface area contributed by atoms with Crippen molar-refractivity contribution in [1.29, 1.82) is 0 Å². The molecule has 86 valence electrons. The molecular formula is C12H15NO3. The summed E-state index contributed by atoms with van der Waals surface area (Å²) in [6.45, 7) is 5.08. The van der Waals surface area contributed by atoms with Crippen LogP contribution in [0.2, 0.25) is 0 Å². The molecule has 0 aliphatic rings. The van der Waals surface area contributed by atoms with E-state index < -0.39 is 5.97 Å². The summed E-state index contributed by atoms with van der Waals surface area (Å²) < 4.78 is 4.65. The SMILES string of the molecule is CCc1cc(C(=O)OC)c(C)nc1C(C)=O. The Morgan fingerprint density at radius 1 is 1.44 bits per heavy atom. The Morgan fingerprint density at radius 2 is 2.06 bits per heavy atom. The van der Waals surface area contributed by atoms with Gasteiger partial charge in [-0.25, -0.2) is 9.78 Å². The van der Waals surface area contributed by atoms with Crippen molar-refractivity contribution in [2.24, 2.45) is 0 Å². The number of carbonyl (C=O) groups is 2. The van der Waals surface area contributed by atoms with Crippen LogP contribution >= 0.6 is 0 Å². The summed E-state index contributed by atoms with van der Waals surface area (Å²) in [6.07, 6.45) is 0.659. The van der Waals surface area contributed by atoms with Crippen molar-refractivity contribution in [3.05, 3.63) is 28.6 Å². The molecular weight excluding hydrogens is 206 g/mol. The molecule has 1 rings (SSSR count). The maximum Gasteiger partial charge on any atom is 0.339 e. The second-order valence-corrected chi connectivity index (χ2v) is 3.53. The number of ketones is 1. The van der Waals surface area contributed by atoms with Crippen molar-refractivity contribution >= 4 is 11.8 Å². The first-order chi connectivity index (χ1) is 7.51. The van der Waals surface area contributed by atoms with Crippen LogP contribution in [0.4, 0.5) is 0 Å². The molecule has 4 nitrogen and oxygen atoms in total. The molecule has 0 fully saturated rings. The molecule has 0 unspecified atom stereocenters. The van der Waals surface area contributed by atoms with E-state index in [0.717, 1.165) is 5.56 Å². The summed E-state index contributed by atoms with van der Waals surface area (Å²) in [5.41, 5.74) is 2.16. The molecule has 0 aliphatic heterocycles. The summed E-state index contributed by atoms with van der Waals surface area (Å²) in [7, 11) is 1.33. The fourth-order valence-corrected chi connectivity index (χ4v) is 1.54. The summed E-state index contributed by atoms with van der Waals surface area (Å²) in [5, 5.41) is 0. The summed E-state index contributed by atoms with van der Waals surface area (Å²) >= 11 is 0. The van der Waals surface area contributed by atoms with Gasteiger partial charge in [-0.05, 0) is 25.0 Å². The first-order valence-corrected chi connectivity index (χ1v) is 5.11. The molecule has 1 aromatic heterocycles. The third-order valence-corrected chi connectivity index (χ3v) is 2.41. The highest BCUT2D eigenvalue weighted by Gasteiger charge is 2.16. The molecule has 0 amide bonds. The van der Waals surface area contributed by atoms with E-state index in [4.69, 9.17) is 0 Å². The molecule has 0 aromatic carbocycles. The number of aryl methyl sites for hydroxylation is 2. The van der Waals surface area contributed by atoms with Crippen molar-refractivity contribution in [3.8, 4) is 0 Å². The van der Waals surface area contributed by atoms with E-state index in [2.05, 4.69) is 9.72 Å². The fourth-order valence-electron chi connectivity index (χ4n) is 1.54. The van der Waals surface area contributed by atoms with Gasteiger partial charge in [0.05, 0.1) is 18.4 Å². The van der Waals surface area contributed by atoms with Crippen molar-refractivity contribution in [3.63, 3.8) is 0 Å². The molecule has 0 radical (unpaired) electrons. The van der Waals surface area contributed by atoms with E-state index in [1.165, 1.54) is 14.0 Å². The van der Waals surface area contributed by atoms with Gasteiger partial charge in [0.2, 0.25) is 0 Å². The van der Waals surface area contributed by atoms with Gasteiger partial charge in [0.15, 0.2) is 5.78 Å². The minimum absolute atomic E-state index is 0.0867. The van der Waals surface area contributed by atoms with Crippen LogP contribution in [0.1, 0.15) is 46.0 Å². The van der Waals surface area contributed by atoms with Crippen LogP contribution in [0.15, 0.2) is 6.07 Å². The second-order valence-electron chi connectivity index (χ2n) is 3.53. The normalized spacial score (nSPS) is 10.0. The molecule has 0 saturated heterocycles. The van der Waals surface area contributed by atoms with Crippen LogP contribution in [-0.4, -0.2) is 23.8 Å². The van der Waals surface area contributed by atoms with E-state index in [0.29, 0.717) is 23.4 Å². The monoisotopic (exact) mass is 221 g/mol. The summed E-state index contributed by atoms with van der Waals surface area (Å²) in [4.78, 5) is 26.9. The molecule has 0 saturated carbocycles. The lowest BCUT2D eigenvalue weighted by Crippen LogP contribution is -2.11. The average molecular weight is 221 g/mol. The van der Waals surface area contributed by atoms with Crippen LogP contribution in [0.25, 0.3) is 0 Å². The van der Waals surface area contributed by atoms with Gasteiger partial charge >= 0.3 is 5.97 Å². The molecule has 1 heterocycles. The lowest BCUT2D eigenvalue weighted by atomic mass is 10.0. The zero-order valence-corrected chi connectivity index (χ0v) is 9.96. The van der Waals surface area contributed by atoms with Gasteiger partial charge in [-0.15, -0.1) is 0 Å². The third kappa shape index (κ3) is 2.27. The van der Waals surface area contributed by atoms with Crippen LogP contribution in [0.5, 0.6) is 0 Å². The quantitative estimate of drug-likeness (QED) is 0.578. The van der Waals surface area contributed by atoms with Crippen molar-refractivity contribution in [2.45, 2.75) is 27.2 Å². The number of pyridine rings is 1. The number of hydrogen-bond donors (Lipinski definition) is 0. The Hall–Kier alpha value is -1.71. The number of nitrogens with zero attached hydrogens (tertiary/aromatic N) is 1. The minimum atomic E-state index is -0.421. The van der Waals surface area contributed by atoms with Crippen molar-refractivity contribution in [1.82, 2.24) is 4.98 Å². The van der Waals surface area contributed by atoms with Crippen LogP contribution in [-0.2, 0) is 11.2 Å². The van der Waals surface area contributed by atoms with Crippen LogP contribution < -0.4 is 0 Å². The largest absolute Gasteiger partial charge is 0.465 e. The van der Waals surface area contributed by atoms with Gasteiger partial charge in [-0.2, -0.15) is 0 Å². The van der Waals surface area contributed by atoms with Gasteiger partial charge in [0.1, 0.15) is 5.69 Å². The number of esters is 1. The molecule has 4 heteroatoms. The number of aromatic nitrogens is 1. The zero-order valence-electron chi connectivity index (χ0n) is 9.96. The van der Waals surface area contributed by atoms with E-state index in [1.54, 1.807) is 13.0 Å². The molecule has 0 atom stereocenters. The first kappa shape index (κ1) is 12.4. The van der Waals surface area contributed by atoms with Crippen LogP contribution in [0, 0.1) is 6.92 Å². The van der Waals surface area contributed by atoms with Crippen molar-refractivity contribution < 1.29 is 14.3 Å². The topological polar surface area (TPSA) is 56.3 Å². The molecule has 0 spiro atoms. The Bertz CT molecular complexity index is 438. The van der Waals surface area contributed by atoms with Crippen LogP contribution in [0.3, 0.4) is 0 Å². The third-order valence-electron chi connectivity index (χ3n) is 2.41. The van der Waals surface area contributed by atoms with E-state index >= 15 is 0 Å². The smallest absolute Gasteiger partial charge is 0.339 e. The zero-order chi connectivity index (χ0) is 12.3. The van der Waals surface area contributed by atoms with Gasteiger partial charge in [-0.1, -0.05) is 6.92 Å².